The van der Waals surface area contributed by atoms with E-state index < -0.39 is 0 Å². The number of nitrogens with one attached hydrogen (secondary N) is 1. The fourth-order valence-corrected chi connectivity index (χ4v) is 6.07. The molecule has 0 aliphatic heterocycles. The van der Waals surface area contributed by atoms with Crippen LogP contribution in [0.4, 0.5) is 0 Å². The lowest BCUT2D eigenvalue weighted by atomic mass is 9.73. The normalized spacial score (nSPS) is 24.0. The SMILES string of the molecule is NC[C@H](NC(=O)C1CCCC[C@H]1C1=CC=C(CN(C=O)C2CCCCC2)C=CC1)c1ccccc1. The summed E-state index contributed by atoms with van der Waals surface area (Å²) < 4.78 is 0. The number of rotatable bonds is 9. The zero-order valence-electron chi connectivity index (χ0n) is 20.9. The molecule has 0 heterocycles. The summed E-state index contributed by atoms with van der Waals surface area (Å²) in [5.74, 6) is 0.348. The average Bonchev–Trinajstić information content (AvgIpc) is 3.16. The van der Waals surface area contributed by atoms with E-state index in [0.29, 0.717) is 19.1 Å². The Labute approximate surface area is 210 Å². The van der Waals surface area contributed by atoms with Crippen LogP contribution in [0.5, 0.6) is 0 Å². The van der Waals surface area contributed by atoms with Crippen molar-refractivity contribution in [2.75, 3.05) is 13.1 Å². The quantitative estimate of drug-likeness (QED) is 0.481. The molecule has 4 rings (SSSR count). The molecule has 1 aromatic rings. The average molecular weight is 476 g/mol. The number of carbonyl (C=O) groups excluding carboxylic acids is 2. The molecule has 0 radical (unpaired) electrons. The van der Waals surface area contributed by atoms with Crippen LogP contribution in [-0.2, 0) is 9.59 Å². The van der Waals surface area contributed by atoms with Gasteiger partial charge in [0.25, 0.3) is 0 Å². The van der Waals surface area contributed by atoms with E-state index in [1.807, 2.05) is 35.2 Å². The number of carbonyl (C=O) groups is 2. The highest BCUT2D eigenvalue weighted by Crippen LogP contribution is 2.38. The lowest BCUT2D eigenvalue weighted by molar-refractivity contribution is -0.128. The molecule has 3 aliphatic carbocycles. The Morgan fingerprint density at radius 2 is 1.77 bits per heavy atom. The number of amides is 2. The van der Waals surface area contributed by atoms with Gasteiger partial charge in [-0.25, -0.2) is 0 Å². The number of allylic oxidation sites excluding steroid dienone is 4. The standard InChI is InChI=1S/C30H41N3O2/c31-20-29(25-11-3-1-4-12-25)32-30(35)28-17-8-7-16-27(28)24-13-9-10-23(18-19-24)21-33(22-34)26-14-5-2-6-15-26/h1,3-4,9-12,18-19,22,26-29H,2,5-8,13-17,20-21,31H2,(H,32,35)/t27-,28?,29-/m0/s1. The van der Waals surface area contributed by atoms with Crippen LogP contribution in [0.25, 0.3) is 0 Å². The topological polar surface area (TPSA) is 75.4 Å². The Morgan fingerprint density at radius 3 is 2.51 bits per heavy atom. The first-order valence-electron chi connectivity index (χ1n) is 13.5. The maximum Gasteiger partial charge on any atom is 0.224 e. The molecule has 5 heteroatoms. The fourth-order valence-electron chi connectivity index (χ4n) is 6.07. The molecule has 0 bridgehead atoms. The van der Waals surface area contributed by atoms with Crippen LogP contribution >= 0.6 is 0 Å². The van der Waals surface area contributed by atoms with Crippen LogP contribution in [0.15, 0.2) is 65.8 Å². The first-order valence-corrected chi connectivity index (χ1v) is 13.5. The molecule has 5 nitrogen and oxygen atoms in total. The molecule has 1 unspecified atom stereocenters. The predicted octanol–water partition coefficient (Wildman–Crippen LogP) is 5.21. The highest BCUT2D eigenvalue weighted by molar-refractivity contribution is 5.80. The minimum absolute atomic E-state index is 0.0233. The molecule has 3 N–H and O–H groups in total. The van der Waals surface area contributed by atoms with Gasteiger partial charge in [0.15, 0.2) is 0 Å². The molecule has 0 spiro atoms. The van der Waals surface area contributed by atoms with Gasteiger partial charge in [-0.05, 0) is 49.2 Å². The summed E-state index contributed by atoms with van der Waals surface area (Å²) in [6, 6.07) is 10.2. The Balaban J connectivity index is 1.44. The van der Waals surface area contributed by atoms with Crippen LogP contribution in [-0.4, -0.2) is 36.3 Å². The summed E-state index contributed by atoms with van der Waals surface area (Å²) in [5, 5.41) is 3.25. The third-order valence-electron chi connectivity index (χ3n) is 8.07. The van der Waals surface area contributed by atoms with Crippen molar-refractivity contribution in [3.05, 3.63) is 71.3 Å². The second-order valence-corrected chi connectivity index (χ2v) is 10.4. The van der Waals surface area contributed by atoms with Crippen LogP contribution in [0.1, 0.15) is 75.8 Å². The molecule has 3 atom stereocenters. The number of hydrogen-bond acceptors (Lipinski definition) is 3. The monoisotopic (exact) mass is 475 g/mol. The zero-order chi connectivity index (χ0) is 24.5. The minimum atomic E-state index is -0.158. The molecular weight excluding hydrogens is 434 g/mol. The van der Waals surface area contributed by atoms with E-state index in [-0.39, 0.29) is 23.8 Å². The van der Waals surface area contributed by atoms with Gasteiger partial charge in [0.1, 0.15) is 0 Å². The first kappa shape index (κ1) is 25.4. The number of benzene rings is 1. The first-order chi connectivity index (χ1) is 17.2. The van der Waals surface area contributed by atoms with Crippen LogP contribution in [0, 0.1) is 11.8 Å². The van der Waals surface area contributed by atoms with Crippen LogP contribution in [0.2, 0.25) is 0 Å². The summed E-state index contributed by atoms with van der Waals surface area (Å²) >= 11 is 0. The summed E-state index contributed by atoms with van der Waals surface area (Å²) in [6.45, 7) is 1.05. The van der Waals surface area contributed by atoms with Crippen molar-refractivity contribution in [3.8, 4) is 0 Å². The maximum absolute atomic E-state index is 13.4. The van der Waals surface area contributed by atoms with Gasteiger partial charge >= 0.3 is 0 Å². The van der Waals surface area contributed by atoms with E-state index in [4.69, 9.17) is 5.73 Å². The van der Waals surface area contributed by atoms with E-state index in [0.717, 1.165) is 56.9 Å². The summed E-state index contributed by atoms with van der Waals surface area (Å²) in [6.07, 6.45) is 20.8. The lowest BCUT2D eigenvalue weighted by Gasteiger charge is -2.33. The van der Waals surface area contributed by atoms with E-state index in [2.05, 4.69) is 29.6 Å². The molecule has 188 valence electrons. The number of nitrogens with two attached hydrogens (primary N) is 1. The van der Waals surface area contributed by atoms with Gasteiger partial charge in [-0.2, -0.15) is 0 Å². The Bertz CT molecular complexity index is 930. The van der Waals surface area contributed by atoms with Gasteiger partial charge in [-0.1, -0.05) is 92.3 Å². The smallest absolute Gasteiger partial charge is 0.224 e. The van der Waals surface area contributed by atoms with Gasteiger partial charge in [-0.15, -0.1) is 0 Å². The van der Waals surface area contributed by atoms with Gasteiger partial charge in [0, 0.05) is 25.0 Å². The summed E-state index contributed by atoms with van der Waals surface area (Å²) in [7, 11) is 0. The van der Waals surface area contributed by atoms with E-state index in [1.54, 1.807) is 0 Å². The molecule has 0 aromatic heterocycles. The highest BCUT2D eigenvalue weighted by Gasteiger charge is 2.34. The minimum Gasteiger partial charge on any atom is -0.348 e. The van der Waals surface area contributed by atoms with E-state index in [1.165, 1.54) is 30.4 Å². The van der Waals surface area contributed by atoms with Crippen LogP contribution < -0.4 is 11.1 Å². The fraction of sp³-hybridized carbons (Fsp3) is 0.533. The van der Waals surface area contributed by atoms with Crippen molar-refractivity contribution in [2.45, 2.75) is 76.3 Å². The Hall–Kier alpha value is -2.66. The number of nitrogens with zero attached hydrogens (tertiary/aromatic N) is 1. The molecule has 3 aliphatic rings. The molecule has 2 saturated carbocycles. The third kappa shape index (κ3) is 6.72. The van der Waals surface area contributed by atoms with Gasteiger partial charge in [0.2, 0.25) is 12.3 Å². The molecule has 35 heavy (non-hydrogen) atoms. The second kappa shape index (κ2) is 12.9. The van der Waals surface area contributed by atoms with Crippen LogP contribution in [0.3, 0.4) is 0 Å². The highest BCUT2D eigenvalue weighted by atomic mass is 16.2. The largest absolute Gasteiger partial charge is 0.348 e. The Kier molecular flexibility index (Phi) is 9.35. The van der Waals surface area contributed by atoms with Gasteiger partial charge < -0.3 is 16.0 Å². The second-order valence-electron chi connectivity index (χ2n) is 10.4. The summed E-state index contributed by atoms with van der Waals surface area (Å²) in [4.78, 5) is 27.2. The maximum atomic E-state index is 13.4. The molecular formula is C30H41N3O2. The number of hydrogen-bond donors (Lipinski definition) is 2. The van der Waals surface area contributed by atoms with Crippen molar-refractivity contribution >= 4 is 12.3 Å². The molecule has 2 amide bonds. The zero-order valence-corrected chi connectivity index (χ0v) is 20.9. The Morgan fingerprint density at radius 1 is 1.03 bits per heavy atom. The molecule has 2 fully saturated rings. The van der Waals surface area contributed by atoms with Crippen molar-refractivity contribution in [1.29, 1.82) is 0 Å². The van der Waals surface area contributed by atoms with Gasteiger partial charge in [0.05, 0.1) is 6.04 Å². The molecule has 1 aromatic carbocycles. The van der Waals surface area contributed by atoms with Crippen molar-refractivity contribution in [1.82, 2.24) is 10.2 Å². The van der Waals surface area contributed by atoms with Crippen molar-refractivity contribution < 1.29 is 9.59 Å². The summed E-state index contributed by atoms with van der Waals surface area (Å²) in [5.41, 5.74) is 9.58. The van der Waals surface area contributed by atoms with Gasteiger partial charge in [-0.3, -0.25) is 9.59 Å². The predicted molar refractivity (Wildman–Crippen MR) is 141 cm³/mol. The molecule has 0 saturated heterocycles. The van der Waals surface area contributed by atoms with Crippen molar-refractivity contribution in [2.24, 2.45) is 17.6 Å². The van der Waals surface area contributed by atoms with E-state index >= 15 is 0 Å². The third-order valence-corrected chi connectivity index (χ3v) is 8.07. The van der Waals surface area contributed by atoms with Crippen molar-refractivity contribution in [3.63, 3.8) is 0 Å². The van der Waals surface area contributed by atoms with E-state index in [9.17, 15) is 9.59 Å². The lowest BCUT2D eigenvalue weighted by Crippen LogP contribution is -2.41.